The Bertz CT molecular complexity index is 1150. The van der Waals surface area contributed by atoms with Crippen molar-refractivity contribution in [1.29, 1.82) is 0 Å². The zero-order chi connectivity index (χ0) is 21.7. The van der Waals surface area contributed by atoms with Crippen molar-refractivity contribution < 1.29 is 13.2 Å². The van der Waals surface area contributed by atoms with Gasteiger partial charge in [0.25, 0.3) is 10.0 Å². The lowest BCUT2D eigenvalue weighted by Crippen LogP contribution is -2.38. The maximum absolute atomic E-state index is 13.4. The second-order valence-corrected chi connectivity index (χ2v) is 9.71. The minimum Gasteiger partial charge on any atom is -0.324 e. The van der Waals surface area contributed by atoms with Crippen LogP contribution in [0.15, 0.2) is 82.6 Å². The summed E-state index contributed by atoms with van der Waals surface area (Å²) >= 11 is 7.60. The van der Waals surface area contributed by atoms with Gasteiger partial charge in [0.1, 0.15) is 6.54 Å². The molecule has 0 fully saturated rings. The summed E-state index contributed by atoms with van der Waals surface area (Å²) < 4.78 is 27.8. The fraction of sp³-hybridized carbons (Fsp3) is 0.136. The van der Waals surface area contributed by atoms with Crippen LogP contribution in [0.25, 0.3) is 0 Å². The van der Waals surface area contributed by atoms with Crippen LogP contribution in [0.2, 0.25) is 5.02 Å². The Morgan fingerprint density at radius 1 is 1.03 bits per heavy atom. The molecule has 0 saturated heterocycles. The molecule has 3 rings (SSSR count). The van der Waals surface area contributed by atoms with Gasteiger partial charge in [-0.25, -0.2) is 8.42 Å². The van der Waals surface area contributed by atoms with Crippen molar-refractivity contribution in [3.63, 3.8) is 0 Å². The van der Waals surface area contributed by atoms with E-state index in [4.69, 9.17) is 11.6 Å². The molecule has 0 atom stereocenters. The first-order valence-corrected chi connectivity index (χ1v) is 12.1. The molecule has 0 bridgehead atoms. The van der Waals surface area contributed by atoms with Gasteiger partial charge >= 0.3 is 0 Å². The SMILES string of the molecule is CSc1cccc(NC(=O)CN(c2ccc(Cl)cc2C)S(=O)(=O)c2ccccc2)c1. The first-order valence-electron chi connectivity index (χ1n) is 9.09. The molecule has 0 saturated carbocycles. The molecule has 5 nitrogen and oxygen atoms in total. The number of aryl methyl sites for hydroxylation is 1. The number of hydrogen-bond acceptors (Lipinski definition) is 4. The van der Waals surface area contributed by atoms with Crippen molar-refractivity contribution in [3.05, 3.63) is 83.4 Å². The van der Waals surface area contributed by atoms with Gasteiger partial charge in [0.2, 0.25) is 5.91 Å². The van der Waals surface area contributed by atoms with E-state index in [1.54, 1.807) is 61.2 Å². The molecule has 3 aromatic rings. The lowest BCUT2D eigenvalue weighted by atomic mass is 10.2. The fourth-order valence-electron chi connectivity index (χ4n) is 2.95. The van der Waals surface area contributed by atoms with Crippen LogP contribution in [0.5, 0.6) is 0 Å². The van der Waals surface area contributed by atoms with Crippen LogP contribution in [0, 0.1) is 6.92 Å². The number of nitrogens with one attached hydrogen (secondary N) is 1. The zero-order valence-electron chi connectivity index (χ0n) is 16.5. The Labute approximate surface area is 186 Å². The van der Waals surface area contributed by atoms with Crippen LogP contribution in [0.1, 0.15) is 5.56 Å². The summed E-state index contributed by atoms with van der Waals surface area (Å²) in [7, 11) is -3.96. The van der Waals surface area contributed by atoms with E-state index in [9.17, 15) is 13.2 Å². The topological polar surface area (TPSA) is 66.5 Å². The molecule has 3 aromatic carbocycles. The number of halogens is 1. The van der Waals surface area contributed by atoms with Gasteiger partial charge in [0.15, 0.2) is 0 Å². The summed E-state index contributed by atoms with van der Waals surface area (Å²) in [6.45, 7) is 1.39. The molecule has 1 N–H and O–H groups in total. The van der Waals surface area contributed by atoms with E-state index in [-0.39, 0.29) is 11.4 Å². The number of hydrogen-bond donors (Lipinski definition) is 1. The molecule has 1 amide bonds. The molecule has 0 aliphatic carbocycles. The molecular formula is C22H21ClN2O3S2. The van der Waals surface area contributed by atoms with E-state index in [1.807, 2.05) is 24.5 Å². The van der Waals surface area contributed by atoms with Crippen molar-refractivity contribution in [3.8, 4) is 0 Å². The number of benzene rings is 3. The summed E-state index contributed by atoms with van der Waals surface area (Å²) in [5.74, 6) is -0.442. The highest BCUT2D eigenvalue weighted by atomic mass is 35.5. The Kier molecular flexibility index (Phi) is 7.07. The van der Waals surface area contributed by atoms with E-state index < -0.39 is 15.9 Å². The normalized spacial score (nSPS) is 11.2. The lowest BCUT2D eigenvalue weighted by Gasteiger charge is -2.25. The molecule has 0 heterocycles. The highest BCUT2D eigenvalue weighted by Crippen LogP contribution is 2.29. The Hall–Kier alpha value is -2.48. The quantitative estimate of drug-likeness (QED) is 0.492. The van der Waals surface area contributed by atoms with Crippen LogP contribution in [0.3, 0.4) is 0 Å². The van der Waals surface area contributed by atoms with Gasteiger partial charge < -0.3 is 5.32 Å². The Balaban J connectivity index is 1.96. The van der Waals surface area contributed by atoms with Gasteiger partial charge in [-0.15, -0.1) is 11.8 Å². The molecule has 8 heteroatoms. The summed E-state index contributed by atoms with van der Waals surface area (Å²) in [6, 6.07) is 20.3. The predicted octanol–water partition coefficient (Wildman–Crippen LogP) is 5.20. The van der Waals surface area contributed by atoms with Crippen LogP contribution < -0.4 is 9.62 Å². The Morgan fingerprint density at radius 2 is 1.77 bits per heavy atom. The summed E-state index contributed by atoms with van der Waals surface area (Å²) in [5.41, 5.74) is 1.66. The molecule has 0 aliphatic rings. The average Bonchev–Trinajstić information content (AvgIpc) is 2.73. The monoisotopic (exact) mass is 460 g/mol. The van der Waals surface area contributed by atoms with Gasteiger partial charge in [-0.05, 0) is 67.3 Å². The molecule has 30 heavy (non-hydrogen) atoms. The number of nitrogens with zero attached hydrogens (tertiary/aromatic N) is 1. The highest BCUT2D eigenvalue weighted by molar-refractivity contribution is 7.98. The maximum atomic E-state index is 13.4. The third-order valence-corrected chi connectivity index (χ3v) is 7.13. The second-order valence-electron chi connectivity index (χ2n) is 6.54. The largest absolute Gasteiger partial charge is 0.324 e. The van der Waals surface area contributed by atoms with Gasteiger partial charge in [-0.1, -0.05) is 35.9 Å². The van der Waals surface area contributed by atoms with E-state index in [2.05, 4.69) is 5.32 Å². The van der Waals surface area contributed by atoms with Gasteiger partial charge in [0, 0.05) is 15.6 Å². The van der Waals surface area contributed by atoms with E-state index >= 15 is 0 Å². The molecular weight excluding hydrogens is 440 g/mol. The first kappa shape index (κ1) is 22.2. The summed E-state index contributed by atoms with van der Waals surface area (Å²) in [5, 5.41) is 3.28. The summed E-state index contributed by atoms with van der Waals surface area (Å²) in [4.78, 5) is 13.9. The zero-order valence-corrected chi connectivity index (χ0v) is 18.9. The molecule has 0 aromatic heterocycles. The van der Waals surface area contributed by atoms with E-state index in [0.29, 0.717) is 22.0 Å². The third-order valence-electron chi connectivity index (χ3n) is 4.40. The average molecular weight is 461 g/mol. The number of rotatable bonds is 7. The number of amides is 1. The fourth-order valence-corrected chi connectivity index (χ4v) is 5.14. The predicted molar refractivity (Wildman–Crippen MR) is 124 cm³/mol. The van der Waals surface area contributed by atoms with Crippen LogP contribution in [0.4, 0.5) is 11.4 Å². The number of anilines is 2. The van der Waals surface area contributed by atoms with Gasteiger partial charge in [-0.3, -0.25) is 9.10 Å². The van der Waals surface area contributed by atoms with Gasteiger partial charge in [0.05, 0.1) is 10.6 Å². The second kappa shape index (κ2) is 9.55. The first-order chi connectivity index (χ1) is 14.3. The maximum Gasteiger partial charge on any atom is 0.264 e. The van der Waals surface area contributed by atoms with Gasteiger partial charge in [-0.2, -0.15) is 0 Å². The molecule has 0 unspecified atom stereocenters. The van der Waals surface area contributed by atoms with E-state index in [0.717, 1.165) is 9.20 Å². The van der Waals surface area contributed by atoms with Crippen molar-refractivity contribution in [1.82, 2.24) is 0 Å². The summed E-state index contributed by atoms with van der Waals surface area (Å²) in [6.07, 6.45) is 1.94. The molecule has 0 aliphatic heterocycles. The molecule has 0 radical (unpaired) electrons. The third kappa shape index (κ3) is 5.16. The number of carbonyl (C=O) groups is 1. The van der Waals surface area contributed by atoms with Crippen molar-refractivity contribution in [2.75, 3.05) is 22.4 Å². The van der Waals surface area contributed by atoms with Crippen LogP contribution in [-0.4, -0.2) is 27.1 Å². The minimum atomic E-state index is -3.96. The molecule has 156 valence electrons. The Morgan fingerprint density at radius 3 is 2.43 bits per heavy atom. The highest BCUT2D eigenvalue weighted by Gasteiger charge is 2.28. The standard InChI is InChI=1S/C22H21ClN2O3S2/c1-16-13-17(23)11-12-21(16)25(30(27,28)20-9-4-3-5-10-20)15-22(26)24-18-7-6-8-19(14-18)29-2/h3-14H,15H2,1-2H3,(H,24,26). The minimum absolute atomic E-state index is 0.108. The van der Waals surface area contributed by atoms with Crippen molar-refractivity contribution in [2.24, 2.45) is 0 Å². The number of carbonyl (C=O) groups excluding carboxylic acids is 1. The van der Waals surface area contributed by atoms with Crippen molar-refractivity contribution >= 4 is 50.7 Å². The van der Waals surface area contributed by atoms with Crippen molar-refractivity contribution in [2.45, 2.75) is 16.7 Å². The van der Waals surface area contributed by atoms with Crippen LogP contribution in [-0.2, 0) is 14.8 Å². The molecule has 0 spiro atoms. The number of sulfonamides is 1. The smallest absolute Gasteiger partial charge is 0.264 e. The lowest BCUT2D eigenvalue weighted by molar-refractivity contribution is -0.114. The van der Waals surface area contributed by atoms with Crippen LogP contribution >= 0.6 is 23.4 Å². The van der Waals surface area contributed by atoms with E-state index in [1.165, 1.54) is 12.1 Å². The number of thioether (sulfide) groups is 1.